The van der Waals surface area contributed by atoms with Gasteiger partial charge in [0, 0.05) is 51.4 Å². The van der Waals surface area contributed by atoms with E-state index in [4.69, 9.17) is 39.9 Å². The van der Waals surface area contributed by atoms with Gasteiger partial charge in [0.25, 0.3) is 11.4 Å². The maximum absolute atomic E-state index is 14.4. The molecule has 2 saturated heterocycles. The first-order valence-corrected chi connectivity index (χ1v) is 20.4. The molecule has 0 amide bonds. The smallest absolute Gasteiger partial charge is 0.318 e. The Morgan fingerprint density at radius 3 is 1.63 bits per heavy atom. The van der Waals surface area contributed by atoms with Crippen LogP contribution >= 0.6 is 11.6 Å². The van der Waals surface area contributed by atoms with Crippen LogP contribution in [-0.2, 0) is 13.1 Å². The molecule has 18 heteroatoms. The highest BCUT2D eigenvalue weighted by molar-refractivity contribution is 6.32. The number of aromatic nitrogens is 2. The summed E-state index contributed by atoms with van der Waals surface area (Å²) >= 11 is 6.38. The fraction of sp³-hybridized carbons (Fsp3) is 0.381. The average Bonchev–Trinajstić information content (AvgIpc) is 3.88. The molecular formula is C42H44ClFN8O8. The monoisotopic (exact) mass is 842 g/mol. The molecule has 4 aromatic carbocycles. The van der Waals surface area contributed by atoms with Gasteiger partial charge in [0.2, 0.25) is 0 Å². The minimum absolute atomic E-state index is 0.0960. The Bertz CT molecular complexity index is 2330. The highest BCUT2D eigenvalue weighted by Crippen LogP contribution is 2.39. The van der Waals surface area contributed by atoms with Crippen LogP contribution in [0.2, 0.25) is 5.02 Å². The van der Waals surface area contributed by atoms with Gasteiger partial charge in [0.1, 0.15) is 5.75 Å². The Morgan fingerprint density at radius 1 is 0.717 bits per heavy atom. The minimum Gasteiger partial charge on any atom is -0.492 e. The predicted octanol–water partition coefficient (Wildman–Crippen LogP) is 8.93. The molecule has 0 unspecified atom stereocenters. The number of hydrogen-bond acceptors (Lipinski definition) is 14. The number of non-ortho nitro benzene ring substituents is 2. The molecule has 0 aliphatic carbocycles. The molecule has 314 valence electrons. The Hall–Kier alpha value is -6.04. The largest absolute Gasteiger partial charge is 0.492 e. The van der Waals surface area contributed by atoms with E-state index in [-0.39, 0.29) is 63.4 Å². The number of oxazole rings is 2. The number of rotatable bonds is 15. The second kappa shape index (κ2) is 17.7. The van der Waals surface area contributed by atoms with Crippen molar-refractivity contribution in [1.29, 1.82) is 0 Å². The van der Waals surface area contributed by atoms with Crippen molar-refractivity contribution in [1.82, 2.24) is 19.8 Å². The number of nitrogens with zero attached hydrogens (tertiary/aromatic N) is 8. The van der Waals surface area contributed by atoms with Crippen LogP contribution in [0.1, 0.15) is 50.7 Å². The Labute approximate surface area is 349 Å². The van der Waals surface area contributed by atoms with Gasteiger partial charge in [-0.1, -0.05) is 35.9 Å². The number of nitro groups is 2. The standard InChI is InChI=1S/C42H44ClFN8O8/c1-3-57-37-23-27(11-13-31(37)43)25-47-19-15-29(16-20-47)49(41-45-39-33(51(53)54)7-5-9-35(39)59-41)50(42-46-40-34(52(55)56)8-6-10-36(40)60-42)30-17-21-48(22-18-30)26-28-12-14-32(44)38(24-28)58-4-2/h5-14,23-24,29-30H,3-4,15-22,25-26H2,1-2H3. The summed E-state index contributed by atoms with van der Waals surface area (Å²) in [5, 5.41) is 28.6. The van der Waals surface area contributed by atoms with E-state index in [1.54, 1.807) is 36.4 Å². The van der Waals surface area contributed by atoms with Gasteiger partial charge < -0.3 is 18.3 Å². The summed E-state index contributed by atoms with van der Waals surface area (Å²) in [5.74, 6) is 0.436. The topological polar surface area (TPSA) is 170 Å². The maximum Gasteiger partial charge on any atom is 0.318 e. The van der Waals surface area contributed by atoms with Crippen LogP contribution in [-0.4, -0.2) is 81.1 Å². The molecule has 0 bridgehead atoms. The molecule has 4 heterocycles. The average molecular weight is 843 g/mol. The first-order valence-electron chi connectivity index (χ1n) is 20.0. The Balaban J connectivity index is 1.15. The van der Waals surface area contributed by atoms with Crippen LogP contribution < -0.4 is 19.5 Å². The van der Waals surface area contributed by atoms with Crippen LogP contribution in [0.4, 0.5) is 27.8 Å². The van der Waals surface area contributed by atoms with E-state index in [0.29, 0.717) is 88.9 Å². The van der Waals surface area contributed by atoms with Crippen LogP contribution in [0, 0.1) is 26.0 Å². The zero-order chi connectivity index (χ0) is 41.9. The summed E-state index contributed by atoms with van der Waals surface area (Å²) in [6.07, 6.45) is 2.48. The summed E-state index contributed by atoms with van der Waals surface area (Å²) in [6.45, 7) is 8.44. The van der Waals surface area contributed by atoms with Gasteiger partial charge in [-0.15, -0.1) is 0 Å². The van der Waals surface area contributed by atoms with Crippen molar-refractivity contribution in [2.24, 2.45) is 0 Å². The van der Waals surface area contributed by atoms with Crippen LogP contribution in [0.3, 0.4) is 0 Å². The highest BCUT2D eigenvalue weighted by Gasteiger charge is 2.40. The third-order valence-corrected chi connectivity index (χ3v) is 11.3. The van der Waals surface area contributed by atoms with Crippen molar-refractivity contribution in [2.75, 3.05) is 49.4 Å². The molecule has 0 atom stereocenters. The lowest BCUT2D eigenvalue weighted by molar-refractivity contribution is -0.383. The molecule has 0 radical (unpaired) electrons. The van der Waals surface area contributed by atoms with Crippen molar-refractivity contribution in [3.8, 4) is 11.5 Å². The maximum atomic E-state index is 14.4. The van der Waals surface area contributed by atoms with Crippen molar-refractivity contribution < 1.29 is 32.5 Å². The first kappa shape index (κ1) is 40.7. The quantitative estimate of drug-likeness (QED) is 0.0709. The van der Waals surface area contributed by atoms with Crippen LogP contribution in [0.5, 0.6) is 11.5 Å². The van der Waals surface area contributed by atoms with Crippen LogP contribution in [0.25, 0.3) is 22.2 Å². The number of piperidine rings is 2. The van der Waals surface area contributed by atoms with E-state index >= 15 is 0 Å². The number of hydrogen-bond donors (Lipinski definition) is 0. The lowest BCUT2D eigenvalue weighted by Gasteiger charge is -2.47. The van der Waals surface area contributed by atoms with Crippen LogP contribution in [0.15, 0.2) is 81.6 Å². The molecular weight excluding hydrogens is 799 g/mol. The summed E-state index contributed by atoms with van der Waals surface area (Å²) in [5.41, 5.74) is 2.24. The third kappa shape index (κ3) is 8.50. The molecule has 6 aromatic rings. The van der Waals surface area contributed by atoms with Gasteiger partial charge in [-0.3, -0.25) is 30.0 Å². The van der Waals surface area contributed by atoms with Gasteiger partial charge >= 0.3 is 12.0 Å². The molecule has 16 nitrogen and oxygen atoms in total. The number of likely N-dealkylation sites (tertiary alicyclic amines) is 2. The number of para-hydroxylation sites is 2. The van der Waals surface area contributed by atoms with Gasteiger partial charge in [0.05, 0.1) is 40.2 Å². The first-order chi connectivity index (χ1) is 29.1. The lowest BCUT2D eigenvalue weighted by atomic mass is 10.0. The number of nitro benzene ring substituents is 2. The zero-order valence-corrected chi connectivity index (χ0v) is 33.9. The van der Waals surface area contributed by atoms with Crippen molar-refractivity contribution in [2.45, 2.75) is 64.7 Å². The third-order valence-electron chi connectivity index (χ3n) is 11.0. The molecule has 2 fully saturated rings. The molecule has 2 aliphatic heterocycles. The highest BCUT2D eigenvalue weighted by atomic mass is 35.5. The lowest BCUT2D eigenvalue weighted by Crippen LogP contribution is -2.59. The van der Waals surface area contributed by atoms with E-state index in [1.807, 2.05) is 42.1 Å². The molecule has 8 rings (SSSR count). The molecule has 0 N–H and O–H groups in total. The van der Waals surface area contributed by atoms with Gasteiger partial charge in [-0.25, -0.2) is 14.4 Å². The van der Waals surface area contributed by atoms with Crippen molar-refractivity contribution >= 4 is 57.2 Å². The van der Waals surface area contributed by atoms with Crippen molar-refractivity contribution in [3.63, 3.8) is 0 Å². The van der Waals surface area contributed by atoms with Gasteiger partial charge in [-0.05, 0) is 87.1 Å². The Kier molecular flexibility index (Phi) is 12.0. The number of anilines is 2. The fourth-order valence-corrected chi connectivity index (χ4v) is 8.34. The van der Waals surface area contributed by atoms with E-state index in [1.165, 1.54) is 18.2 Å². The van der Waals surface area contributed by atoms with E-state index in [2.05, 4.69) is 9.80 Å². The summed E-state index contributed by atoms with van der Waals surface area (Å²) in [4.78, 5) is 37.5. The van der Waals surface area contributed by atoms with Crippen molar-refractivity contribution in [3.05, 3.63) is 115 Å². The second-order valence-corrected chi connectivity index (χ2v) is 15.3. The second-order valence-electron chi connectivity index (χ2n) is 14.9. The number of halogens is 2. The molecule has 2 aromatic heterocycles. The summed E-state index contributed by atoms with van der Waals surface area (Å²) in [6, 6.07) is 19.6. The van der Waals surface area contributed by atoms with E-state index < -0.39 is 15.7 Å². The number of ether oxygens (including phenoxy) is 2. The molecule has 60 heavy (non-hydrogen) atoms. The molecule has 0 saturated carbocycles. The van der Waals surface area contributed by atoms with E-state index in [0.717, 1.165) is 11.1 Å². The normalized spacial score (nSPS) is 15.7. The predicted molar refractivity (Wildman–Crippen MR) is 223 cm³/mol. The summed E-state index contributed by atoms with van der Waals surface area (Å²) < 4.78 is 38.5. The van der Waals surface area contributed by atoms with Gasteiger partial charge in [0.15, 0.2) is 33.8 Å². The number of benzene rings is 4. The van der Waals surface area contributed by atoms with E-state index in [9.17, 15) is 24.6 Å². The minimum atomic E-state index is -0.491. The zero-order valence-electron chi connectivity index (χ0n) is 33.2. The molecule has 0 spiro atoms. The van der Waals surface area contributed by atoms with Gasteiger partial charge in [-0.2, -0.15) is 9.97 Å². The SMILES string of the molecule is CCOc1cc(CN2CCC(N(c3nc4c([N+](=O)[O-])cccc4o3)N(c3nc4c([N+](=O)[O-])cccc4o3)C3CCN(Cc4ccc(Cl)c(OCC)c4)CC3)CC2)ccc1F. The number of hydrazine groups is 1. The summed E-state index contributed by atoms with van der Waals surface area (Å²) in [7, 11) is 0. The number of fused-ring (bicyclic) bond motifs is 2. The fourth-order valence-electron chi connectivity index (χ4n) is 8.17. The Morgan fingerprint density at radius 2 is 1.17 bits per heavy atom. The molecule has 2 aliphatic rings.